The molecule has 126 valence electrons. The van der Waals surface area contributed by atoms with Gasteiger partial charge in [-0.2, -0.15) is 0 Å². The third-order valence-electron chi connectivity index (χ3n) is 4.21. The van der Waals surface area contributed by atoms with E-state index in [0.29, 0.717) is 22.9 Å². The lowest BCUT2D eigenvalue weighted by Gasteiger charge is -2.19. The molecule has 0 saturated carbocycles. The van der Waals surface area contributed by atoms with E-state index in [1.807, 2.05) is 6.07 Å². The van der Waals surface area contributed by atoms with Crippen molar-refractivity contribution in [3.63, 3.8) is 0 Å². The Hall–Kier alpha value is -1.78. The van der Waals surface area contributed by atoms with E-state index >= 15 is 0 Å². The summed E-state index contributed by atoms with van der Waals surface area (Å²) in [6, 6.07) is 9.30. The number of aryl methyl sites for hydroxylation is 2. The number of amides is 1. The number of carbonyl (C=O) groups is 1. The summed E-state index contributed by atoms with van der Waals surface area (Å²) in [4.78, 5) is 18.6. The van der Waals surface area contributed by atoms with Gasteiger partial charge in [0.25, 0.3) is 0 Å². The van der Waals surface area contributed by atoms with Crippen molar-refractivity contribution < 1.29 is 4.79 Å². The zero-order valence-electron chi connectivity index (χ0n) is 13.5. The summed E-state index contributed by atoms with van der Waals surface area (Å²) in [5.74, 6) is 0.977. The van der Waals surface area contributed by atoms with Crippen LogP contribution in [0.4, 0.5) is 11.5 Å². The monoisotopic (exact) mass is 363 g/mol. The van der Waals surface area contributed by atoms with Gasteiger partial charge < -0.3 is 10.2 Å². The van der Waals surface area contributed by atoms with Crippen molar-refractivity contribution in [2.45, 2.75) is 25.7 Å². The first-order chi connectivity index (χ1) is 11.5. The summed E-state index contributed by atoms with van der Waals surface area (Å²) in [7, 11) is 1.74. The van der Waals surface area contributed by atoms with E-state index in [1.165, 1.54) is 5.56 Å². The largest absolute Gasteiger partial charge is 0.370 e. The number of benzene rings is 1. The smallest absolute Gasteiger partial charge is 0.227 e. The van der Waals surface area contributed by atoms with Crippen LogP contribution in [-0.2, 0) is 17.6 Å². The van der Waals surface area contributed by atoms with Crippen molar-refractivity contribution in [1.29, 1.82) is 0 Å². The van der Waals surface area contributed by atoms with E-state index in [0.717, 1.165) is 36.6 Å². The fraction of sp³-hybridized carbons (Fsp3) is 0.333. The molecule has 1 aliphatic rings. The minimum Gasteiger partial charge on any atom is -0.370 e. The molecule has 1 aliphatic heterocycles. The fourth-order valence-electron chi connectivity index (χ4n) is 2.75. The van der Waals surface area contributed by atoms with E-state index in [-0.39, 0.29) is 5.91 Å². The highest BCUT2D eigenvalue weighted by molar-refractivity contribution is 6.42. The Morgan fingerprint density at radius 1 is 1.25 bits per heavy atom. The van der Waals surface area contributed by atoms with Crippen molar-refractivity contribution in [2.24, 2.45) is 0 Å². The lowest BCUT2D eigenvalue weighted by atomic mass is 10.1. The second kappa shape index (κ2) is 7.41. The SMILES string of the molecule is CN(C(=O)CCc1ccc2c(n1)NCCC2)c1ccc(Cl)c(Cl)c1. The number of hydrogen-bond donors (Lipinski definition) is 1. The highest BCUT2D eigenvalue weighted by atomic mass is 35.5. The van der Waals surface area contributed by atoms with E-state index < -0.39 is 0 Å². The normalized spacial score (nSPS) is 13.1. The number of carbonyl (C=O) groups excluding carboxylic acids is 1. The molecule has 0 atom stereocenters. The van der Waals surface area contributed by atoms with Crippen LogP contribution in [0.25, 0.3) is 0 Å². The number of hydrogen-bond acceptors (Lipinski definition) is 3. The molecule has 24 heavy (non-hydrogen) atoms. The predicted molar refractivity (Wildman–Crippen MR) is 99.2 cm³/mol. The number of anilines is 2. The Morgan fingerprint density at radius 3 is 2.88 bits per heavy atom. The first-order valence-corrected chi connectivity index (χ1v) is 8.74. The lowest BCUT2D eigenvalue weighted by molar-refractivity contribution is -0.118. The van der Waals surface area contributed by atoms with Crippen LogP contribution in [0.1, 0.15) is 24.1 Å². The molecular weight excluding hydrogens is 345 g/mol. The molecule has 0 unspecified atom stereocenters. The van der Waals surface area contributed by atoms with Crippen LogP contribution in [0.3, 0.4) is 0 Å². The Balaban J connectivity index is 1.63. The molecule has 1 N–H and O–H groups in total. The molecular formula is C18H19Cl2N3O. The molecule has 1 amide bonds. The highest BCUT2D eigenvalue weighted by Crippen LogP contribution is 2.27. The van der Waals surface area contributed by atoms with Gasteiger partial charge in [-0.15, -0.1) is 0 Å². The summed E-state index contributed by atoms with van der Waals surface area (Å²) in [6.07, 6.45) is 3.21. The molecule has 0 aliphatic carbocycles. The van der Waals surface area contributed by atoms with E-state index in [9.17, 15) is 4.79 Å². The lowest BCUT2D eigenvalue weighted by Crippen LogP contribution is -2.26. The molecule has 0 saturated heterocycles. The van der Waals surface area contributed by atoms with E-state index in [2.05, 4.69) is 16.4 Å². The average molecular weight is 364 g/mol. The molecule has 0 spiro atoms. The molecule has 0 bridgehead atoms. The summed E-state index contributed by atoms with van der Waals surface area (Å²) >= 11 is 11.9. The minimum absolute atomic E-state index is 0.0147. The number of fused-ring (bicyclic) bond motifs is 1. The fourth-order valence-corrected chi connectivity index (χ4v) is 3.04. The number of rotatable bonds is 4. The van der Waals surface area contributed by atoms with Crippen LogP contribution < -0.4 is 10.2 Å². The second-order valence-electron chi connectivity index (χ2n) is 5.89. The maximum absolute atomic E-state index is 12.4. The van der Waals surface area contributed by atoms with Crippen molar-refractivity contribution in [1.82, 2.24) is 4.98 Å². The molecule has 4 nitrogen and oxygen atoms in total. The van der Waals surface area contributed by atoms with Crippen LogP contribution >= 0.6 is 23.2 Å². The summed E-state index contributed by atoms with van der Waals surface area (Å²) in [5, 5.41) is 4.24. The molecule has 0 fully saturated rings. The predicted octanol–water partition coefficient (Wildman–Crippen LogP) is 4.34. The van der Waals surface area contributed by atoms with Gasteiger partial charge in [0, 0.05) is 31.4 Å². The first-order valence-electron chi connectivity index (χ1n) is 7.99. The quantitative estimate of drug-likeness (QED) is 0.878. The Kier molecular flexibility index (Phi) is 5.27. The Labute approximate surface area is 151 Å². The molecule has 2 heterocycles. The zero-order chi connectivity index (χ0) is 17.1. The van der Waals surface area contributed by atoms with Crippen molar-refractivity contribution in [3.8, 4) is 0 Å². The van der Waals surface area contributed by atoms with Crippen molar-refractivity contribution in [2.75, 3.05) is 23.8 Å². The number of halogens is 2. The van der Waals surface area contributed by atoms with E-state index in [1.54, 1.807) is 30.1 Å². The topological polar surface area (TPSA) is 45.2 Å². The molecule has 2 aromatic rings. The van der Waals surface area contributed by atoms with Crippen LogP contribution in [-0.4, -0.2) is 24.5 Å². The Bertz CT molecular complexity index is 764. The van der Waals surface area contributed by atoms with Crippen molar-refractivity contribution >= 4 is 40.6 Å². The van der Waals surface area contributed by atoms with Crippen molar-refractivity contribution in [3.05, 3.63) is 51.6 Å². The van der Waals surface area contributed by atoms with E-state index in [4.69, 9.17) is 23.2 Å². The zero-order valence-corrected chi connectivity index (χ0v) is 15.0. The van der Waals surface area contributed by atoms with Crippen LogP contribution in [0, 0.1) is 0 Å². The van der Waals surface area contributed by atoms with Gasteiger partial charge in [0.15, 0.2) is 0 Å². The molecule has 1 aromatic heterocycles. The molecule has 3 rings (SSSR count). The molecule has 1 aromatic carbocycles. The summed E-state index contributed by atoms with van der Waals surface area (Å²) < 4.78 is 0. The third-order valence-corrected chi connectivity index (χ3v) is 4.95. The second-order valence-corrected chi connectivity index (χ2v) is 6.71. The van der Waals surface area contributed by atoms with Gasteiger partial charge >= 0.3 is 0 Å². The first kappa shape index (κ1) is 17.1. The maximum Gasteiger partial charge on any atom is 0.227 e. The van der Waals surface area contributed by atoms with Crippen LogP contribution in [0.2, 0.25) is 10.0 Å². The standard InChI is InChI=1S/C18H19Cl2N3O/c1-23(14-7-8-15(19)16(20)11-14)17(24)9-6-13-5-4-12-3-2-10-21-18(12)22-13/h4-5,7-8,11H,2-3,6,9-10H2,1H3,(H,21,22). The van der Waals surface area contributed by atoms with Gasteiger partial charge in [0.1, 0.15) is 5.82 Å². The van der Waals surface area contributed by atoms with Crippen LogP contribution in [0.5, 0.6) is 0 Å². The number of nitrogens with one attached hydrogen (secondary N) is 1. The number of pyridine rings is 1. The summed E-state index contributed by atoms with van der Waals surface area (Å²) in [5.41, 5.74) is 2.91. The number of aromatic nitrogens is 1. The molecule has 0 radical (unpaired) electrons. The Morgan fingerprint density at radius 2 is 2.08 bits per heavy atom. The van der Waals surface area contributed by atoms with Gasteiger partial charge in [0.2, 0.25) is 5.91 Å². The van der Waals surface area contributed by atoms with Gasteiger partial charge in [-0.3, -0.25) is 4.79 Å². The third kappa shape index (κ3) is 3.82. The maximum atomic E-state index is 12.4. The minimum atomic E-state index is 0.0147. The van der Waals surface area contributed by atoms with Gasteiger partial charge in [-0.05, 0) is 49.1 Å². The molecule has 6 heteroatoms. The average Bonchev–Trinajstić information content (AvgIpc) is 2.61. The van der Waals surface area contributed by atoms with Gasteiger partial charge in [0.05, 0.1) is 10.0 Å². The van der Waals surface area contributed by atoms with Gasteiger partial charge in [-0.25, -0.2) is 4.98 Å². The summed E-state index contributed by atoms with van der Waals surface area (Å²) in [6.45, 7) is 0.961. The number of nitrogens with zero attached hydrogens (tertiary/aromatic N) is 2. The van der Waals surface area contributed by atoms with Crippen LogP contribution in [0.15, 0.2) is 30.3 Å². The highest BCUT2D eigenvalue weighted by Gasteiger charge is 2.14. The van der Waals surface area contributed by atoms with Gasteiger partial charge in [-0.1, -0.05) is 29.3 Å².